The molecule has 0 amide bonds. The van der Waals surface area contributed by atoms with Crippen molar-refractivity contribution in [1.82, 2.24) is 9.80 Å². The molecule has 1 saturated carbocycles. The molecular weight excluding hydrogens is 507 g/mol. The smallest absolute Gasteiger partial charge is 0.205 e. The summed E-state index contributed by atoms with van der Waals surface area (Å²) in [6.07, 6.45) is 6.40. The minimum atomic E-state index is -1.20. The molecule has 40 heavy (non-hydrogen) atoms. The fourth-order valence-corrected chi connectivity index (χ4v) is 7.36. The van der Waals surface area contributed by atoms with Gasteiger partial charge in [0.05, 0.1) is 28.9 Å². The second-order valence-electron chi connectivity index (χ2n) is 13.8. The first-order valence-corrected chi connectivity index (χ1v) is 15.6. The Morgan fingerprint density at radius 2 is 1.73 bits per heavy atom. The molecule has 8 nitrogen and oxygen atoms in total. The maximum atomic E-state index is 14.1. The van der Waals surface area contributed by atoms with E-state index in [1.807, 2.05) is 39.8 Å². The van der Waals surface area contributed by atoms with Gasteiger partial charge in [-0.1, -0.05) is 32.5 Å². The van der Waals surface area contributed by atoms with Crippen molar-refractivity contribution < 1.29 is 28.9 Å². The summed E-state index contributed by atoms with van der Waals surface area (Å²) < 4.78 is 18.9. The molecule has 0 aromatic carbocycles. The van der Waals surface area contributed by atoms with Crippen molar-refractivity contribution in [2.75, 3.05) is 34.8 Å². The first-order valence-electron chi connectivity index (χ1n) is 15.6. The highest BCUT2D eigenvalue weighted by atomic mass is 16.7. The summed E-state index contributed by atoms with van der Waals surface area (Å²) >= 11 is 0. The third-order valence-corrected chi connectivity index (χ3v) is 10.2. The Morgan fingerprint density at radius 3 is 2.33 bits per heavy atom. The van der Waals surface area contributed by atoms with Crippen molar-refractivity contribution >= 4 is 18.7 Å². The number of likely N-dealkylation sites (N-methyl/N-ethyl adjacent to an activating group) is 1. The lowest BCUT2D eigenvalue weighted by molar-refractivity contribution is -0.295. The number of carbonyl (C=O) groups excluding carboxylic acids is 2. The quantitative estimate of drug-likeness (QED) is 0.400. The number of nitrogens with zero attached hydrogens (tertiary/aromatic N) is 2. The van der Waals surface area contributed by atoms with Crippen molar-refractivity contribution in [2.24, 2.45) is 17.3 Å². The van der Waals surface area contributed by atoms with E-state index in [0.29, 0.717) is 25.1 Å². The van der Waals surface area contributed by atoms with Crippen LogP contribution in [-0.2, 0) is 23.8 Å². The Balaban J connectivity index is 1.94. The van der Waals surface area contributed by atoms with E-state index in [-0.39, 0.29) is 29.7 Å². The molecule has 0 bridgehead atoms. The van der Waals surface area contributed by atoms with Gasteiger partial charge in [0.2, 0.25) is 7.28 Å². The highest BCUT2D eigenvalue weighted by molar-refractivity contribution is 6.76. The Labute approximate surface area is 244 Å². The predicted octanol–water partition coefficient (Wildman–Crippen LogP) is 3.76. The van der Waals surface area contributed by atoms with E-state index in [1.165, 1.54) is 32.1 Å². The second kappa shape index (κ2) is 14.1. The van der Waals surface area contributed by atoms with Crippen molar-refractivity contribution in [2.45, 2.75) is 135 Å². The fourth-order valence-electron chi connectivity index (χ4n) is 7.36. The minimum absolute atomic E-state index is 0.117. The Morgan fingerprint density at radius 1 is 1.07 bits per heavy atom. The number of hydrogen-bond donors (Lipinski definition) is 1. The largest absolute Gasteiger partial charge is 0.386 e. The molecule has 3 fully saturated rings. The molecule has 0 aromatic rings. The number of aliphatic hydroxyl groups excluding tert-OH is 1. The van der Waals surface area contributed by atoms with Crippen LogP contribution >= 0.6 is 0 Å². The zero-order chi connectivity index (χ0) is 29.8. The van der Waals surface area contributed by atoms with Gasteiger partial charge in [0.25, 0.3) is 0 Å². The van der Waals surface area contributed by atoms with E-state index < -0.39 is 35.4 Å². The second-order valence-corrected chi connectivity index (χ2v) is 13.8. The third-order valence-electron chi connectivity index (χ3n) is 10.2. The van der Waals surface area contributed by atoms with Gasteiger partial charge in [0.15, 0.2) is 6.29 Å². The SMILES string of the molecule is CO[C@]1(C)CCCN(C)[C@@H](C2CCCCC2)C[B]C(=O)C(C)(C)C(=O)[C@H](C)[C@H]1OC1O[C@H](C)C[C@H](N(C)C)[C@H]1O. The summed E-state index contributed by atoms with van der Waals surface area (Å²) in [5, 5.41) is 11.2. The predicted molar refractivity (Wildman–Crippen MR) is 158 cm³/mol. The number of ketones is 1. The van der Waals surface area contributed by atoms with E-state index in [4.69, 9.17) is 14.2 Å². The fraction of sp³-hybridized carbons (Fsp3) is 0.935. The summed E-state index contributed by atoms with van der Waals surface area (Å²) in [5.74, 6) is -0.269. The van der Waals surface area contributed by atoms with Crippen molar-refractivity contribution in [1.29, 1.82) is 0 Å². The molecule has 2 aliphatic heterocycles. The Hall–Kier alpha value is -0.835. The van der Waals surface area contributed by atoms with Crippen LogP contribution in [0.3, 0.4) is 0 Å². The molecule has 2 saturated heterocycles. The maximum Gasteiger partial charge on any atom is 0.205 e. The molecular formula is C31H56BN2O6. The van der Waals surface area contributed by atoms with Gasteiger partial charge in [0, 0.05) is 25.1 Å². The highest BCUT2D eigenvalue weighted by Gasteiger charge is 2.50. The normalized spacial score (nSPS) is 39.7. The topological polar surface area (TPSA) is 88.5 Å². The zero-order valence-corrected chi connectivity index (χ0v) is 26.7. The summed E-state index contributed by atoms with van der Waals surface area (Å²) in [6.45, 7) is 10.1. The van der Waals surface area contributed by atoms with Crippen LogP contribution in [0.5, 0.6) is 0 Å². The molecule has 1 aliphatic carbocycles. The molecule has 1 unspecified atom stereocenters. The third kappa shape index (κ3) is 7.56. The number of Topliss-reactive ketones (excluding diaryl/α,β-unsaturated/α-hetero) is 1. The maximum absolute atomic E-state index is 14.1. The lowest BCUT2D eigenvalue weighted by Gasteiger charge is -2.46. The van der Waals surface area contributed by atoms with Gasteiger partial charge in [-0.25, -0.2) is 0 Å². The molecule has 9 heteroatoms. The van der Waals surface area contributed by atoms with Gasteiger partial charge in [0.1, 0.15) is 11.9 Å². The van der Waals surface area contributed by atoms with Gasteiger partial charge in [-0.3, -0.25) is 4.79 Å². The zero-order valence-electron chi connectivity index (χ0n) is 26.7. The lowest BCUT2D eigenvalue weighted by atomic mass is 9.55. The molecule has 229 valence electrons. The minimum Gasteiger partial charge on any atom is -0.386 e. The van der Waals surface area contributed by atoms with E-state index in [2.05, 4.69) is 11.9 Å². The average Bonchev–Trinajstić information content (AvgIpc) is 2.92. The molecule has 2 heterocycles. The van der Waals surface area contributed by atoms with Crippen LogP contribution in [-0.4, -0.2) is 111 Å². The highest BCUT2D eigenvalue weighted by Crippen LogP contribution is 2.38. The van der Waals surface area contributed by atoms with Crippen LogP contribution in [0.4, 0.5) is 0 Å². The molecule has 0 spiro atoms. The summed E-state index contributed by atoms with van der Waals surface area (Å²) in [7, 11) is 9.49. The number of ether oxygens (including phenoxy) is 3. The number of rotatable bonds is 5. The van der Waals surface area contributed by atoms with Crippen LogP contribution < -0.4 is 0 Å². The number of hydrogen-bond acceptors (Lipinski definition) is 8. The first-order chi connectivity index (χ1) is 18.7. The molecule has 1 N–H and O–H groups in total. The summed E-state index contributed by atoms with van der Waals surface area (Å²) in [5.41, 5.74) is -2.17. The van der Waals surface area contributed by atoms with Gasteiger partial charge < -0.3 is 33.9 Å². The van der Waals surface area contributed by atoms with Gasteiger partial charge in [-0.15, -0.1) is 0 Å². The Bertz CT molecular complexity index is 850. The molecule has 3 rings (SSSR count). The van der Waals surface area contributed by atoms with E-state index >= 15 is 0 Å². The summed E-state index contributed by atoms with van der Waals surface area (Å²) in [4.78, 5) is 32.1. The van der Waals surface area contributed by atoms with Crippen LogP contribution in [0.25, 0.3) is 0 Å². The summed E-state index contributed by atoms with van der Waals surface area (Å²) in [6, 6.07) is 0.144. The molecule has 3 aliphatic rings. The van der Waals surface area contributed by atoms with Crippen LogP contribution in [0.2, 0.25) is 6.32 Å². The van der Waals surface area contributed by atoms with Gasteiger partial charge in [-0.05, 0) is 93.4 Å². The van der Waals surface area contributed by atoms with E-state index in [0.717, 1.165) is 13.0 Å². The van der Waals surface area contributed by atoms with E-state index in [9.17, 15) is 14.7 Å². The van der Waals surface area contributed by atoms with Crippen LogP contribution in [0.15, 0.2) is 0 Å². The van der Waals surface area contributed by atoms with Crippen molar-refractivity contribution in [3.63, 3.8) is 0 Å². The standard InChI is InChI=1S/C31H56BN2O6/c1-20-18-23(33(6)7)25(35)28(39-20)40-27-21(2)26(36)30(3,4)29(37)32-19-24(22-14-11-10-12-15-22)34(8)17-13-16-31(27,5)38-9/h20-25,27-28,35H,10-19H2,1-9H3/t20-,21+,23+,24-,25-,27-,28?,31-/m1/s1. The molecule has 0 aromatic heterocycles. The first kappa shape index (κ1) is 33.7. The van der Waals surface area contributed by atoms with Crippen molar-refractivity contribution in [3.05, 3.63) is 0 Å². The number of carbonyl (C=O) groups is 2. The molecule has 1 radical (unpaired) electrons. The number of methoxy groups -OCH3 is 1. The van der Waals surface area contributed by atoms with Gasteiger partial charge in [-0.2, -0.15) is 0 Å². The monoisotopic (exact) mass is 563 g/mol. The number of aliphatic hydroxyl groups is 1. The van der Waals surface area contributed by atoms with Crippen LogP contribution in [0.1, 0.15) is 86.0 Å². The van der Waals surface area contributed by atoms with Crippen molar-refractivity contribution in [3.8, 4) is 0 Å². The van der Waals surface area contributed by atoms with E-state index in [1.54, 1.807) is 28.2 Å². The van der Waals surface area contributed by atoms with Gasteiger partial charge >= 0.3 is 0 Å². The Kier molecular flexibility index (Phi) is 11.9. The lowest BCUT2D eigenvalue weighted by Crippen LogP contribution is -2.59. The van der Waals surface area contributed by atoms with Crippen LogP contribution in [0, 0.1) is 17.3 Å². The average molecular weight is 564 g/mol. The molecule has 8 atom stereocenters.